The lowest BCUT2D eigenvalue weighted by Gasteiger charge is -2.56. The van der Waals surface area contributed by atoms with Gasteiger partial charge < -0.3 is 19.1 Å². The molecule has 1 saturated carbocycles. The molecule has 5 heteroatoms. The highest BCUT2D eigenvalue weighted by Crippen LogP contribution is 2.48. The quantitative estimate of drug-likeness (QED) is 0.213. The van der Waals surface area contributed by atoms with Crippen LogP contribution in [0.15, 0.2) is 60.7 Å². The molecular weight excluding hydrogens is 466 g/mol. The molecule has 3 aliphatic heterocycles. The molecule has 1 unspecified atom stereocenters. The van der Waals surface area contributed by atoms with Crippen LogP contribution in [0.2, 0.25) is 0 Å². The molecule has 2 aromatic carbocycles. The van der Waals surface area contributed by atoms with Crippen LogP contribution in [0.4, 0.5) is 0 Å². The van der Waals surface area contributed by atoms with Crippen molar-refractivity contribution in [2.24, 2.45) is 11.8 Å². The van der Waals surface area contributed by atoms with E-state index in [0.717, 1.165) is 48.2 Å². The van der Waals surface area contributed by atoms with Crippen LogP contribution in [-0.4, -0.2) is 53.5 Å². The number of ether oxygens (including phenoxy) is 2. The van der Waals surface area contributed by atoms with Crippen molar-refractivity contribution in [3.05, 3.63) is 66.2 Å². The average molecular weight is 501 g/mol. The molecule has 3 atom stereocenters. The van der Waals surface area contributed by atoms with E-state index < -0.39 is 5.60 Å². The van der Waals surface area contributed by atoms with Crippen molar-refractivity contribution < 1.29 is 19.1 Å². The fraction of sp³-hybridized carbons (Fsp3) is 0.556. The minimum atomic E-state index is -0.867. The van der Waals surface area contributed by atoms with E-state index >= 15 is 0 Å². The molecule has 172 valence electrons. The maximum Gasteiger partial charge on any atom is 0.171 e. The number of hydrogen-bond acceptors (Lipinski definition) is 3. The first-order valence-corrected chi connectivity index (χ1v) is 13.1. The van der Waals surface area contributed by atoms with Crippen LogP contribution in [0.25, 0.3) is 0 Å². The van der Waals surface area contributed by atoms with Gasteiger partial charge in [-0.1, -0.05) is 48.5 Å². The van der Waals surface area contributed by atoms with Gasteiger partial charge in [-0.25, -0.2) is 0 Å². The summed E-state index contributed by atoms with van der Waals surface area (Å²) in [6, 6.07) is 20.2. The van der Waals surface area contributed by atoms with E-state index in [-0.39, 0.29) is 11.1 Å². The third-order valence-electron chi connectivity index (χ3n) is 7.93. The van der Waals surface area contributed by atoms with Gasteiger partial charge in [-0.2, -0.15) is 0 Å². The Morgan fingerprint density at radius 3 is 2.25 bits per heavy atom. The van der Waals surface area contributed by atoms with Gasteiger partial charge in [0.25, 0.3) is 0 Å². The van der Waals surface area contributed by atoms with Crippen molar-refractivity contribution in [3.8, 4) is 5.75 Å². The highest BCUT2D eigenvalue weighted by atomic mass is 79.9. The van der Waals surface area contributed by atoms with Gasteiger partial charge in [0.05, 0.1) is 32.8 Å². The zero-order chi connectivity index (χ0) is 22.0. The van der Waals surface area contributed by atoms with E-state index in [9.17, 15) is 5.11 Å². The zero-order valence-electron chi connectivity index (χ0n) is 18.7. The summed E-state index contributed by atoms with van der Waals surface area (Å²) < 4.78 is 13.6. The molecule has 4 nitrogen and oxygen atoms in total. The predicted octanol–water partition coefficient (Wildman–Crippen LogP) is 5.10. The maximum absolute atomic E-state index is 11.6. The number of hydrogen-bond donors (Lipinski definition) is 1. The van der Waals surface area contributed by atoms with Crippen molar-refractivity contribution in [1.29, 1.82) is 0 Å². The largest absolute Gasteiger partial charge is 0.493 e. The standard InChI is InChI=1S/C27H35BrNO3/c28-26-25(32-20-27(30,23-12-13-23)22-8-3-1-4-9-22)21-14-17-29(26,18-15-21)16-7-19-31-24-10-5-2-6-11-24/h1-6,8-11,21,23,25-26,30H,7,12-20H2/q+1/t21?,25-,26+,27?,29?/m1/s1. The van der Waals surface area contributed by atoms with Gasteiger partial charge in [-0.15, -0.1) is 0 Å². The normalized spacial score (nSPS) is 31.2. The number of piperidine rings is 3. The Balaban J connectivity index is 1.20. The number of para-hydroxylation sites is 1. The molecule has 0 radical (unpaired) electrons. The minimum Gasteiger partial charge on any atom is -0.493 e. The Morgan fingerprint density at radius 2 is 1.59 bits per heavy atom. The van der Waals surface area contributed by atoms with E-state index in [2.05, 4.69) is 15.9 Å². The predicted molar refractivity (Wildman–Crippen MR) is 130 cm³/mol. The van der Waals surface area contributed by atoms with E-state index in [1.165, 1.54) is 25.9 Å². The van der Waals surface area contributed by atoms with Gasteiger partial charge in [0.2, 0.25) is 0 Å². The van der Waals surface area contributed by atoms with Crippen molar-refractivity contribution in [2.75, 3.05) is 32.8 Å². The Hall–Kier alpha value is -1.40. The van der Waals surface area contributed by atoms with Gasteiger partial charge in [0.1, 0.15) is 17.5 Å². The molecular formula is C27H35BrNO3+. The molecule has 0 aromatic heterocycles. The fourth-order valence-corrected chi connectivity index (χ4v) is 7.01. The summed E-state index contributed by atoms with van der Waals surface area (Å²) in [6.07, 6.45) is 5.77. The first kappa shape index (κ1) is 22.4. The second-order valence-electron chi connectivity index (χ2n) is 9.95. The molecule has 3 saturated heterocycles. The van der Waals surface area contributed by atoms with Crippen LogP contribution in [0.5, 0.6) is 5.75 Å². The number of fused-ring (bicyclic) bond motifs is 3. The summed E-state index contributed by atoms with van der Waals surface area (Å²) in [6.45, 7) is 4.64. The first-order valence-electron chi connectivity index (χ1n) is 12.2. The molecule has 6 rings (SSSR count). The van der Waals surface area contributed by atoms with Crippen LogP contribution in [0, 0.1) is 11.8 Å². The smallest absolute Gasteiger partial charge is 0.171 e. The summed E-state index contributed by atoms with van der Waals surface area (Å²) in [4.78, 5) is 0.283. The summed E-state index contributed by atoms with van der Waals surface area (Å²) >= 11 is 4.07. The number of halogens is 1. The van der Waals surface area contributed by atoms with E-state index in [1.54, 1.807) is 0 Å². The van der Waals surface area contributed by atoms with Crippen LogP contribution in [-0.2, 0) is 10.3 Å². The lowest BCUT2D eigenvalue weighted by atomic mass is 9.82. The number of nitrogens with zero attached hydrogens (tertiary/aromatic N) is 1. The van der Waals surface area contributed by atoms with Crippen LogP contribution >= 0.6 is 15.9 Å². The highest BCUT2D eigenvalue weighted by Gasteiger charge is 2.54. The molecule has 2 aromatic rings. The average Bonchev–Trinajstić information content (AvgIpc) is 3.70. The van der Waals surface area contributed by atoms with E-state index in [0.29, 0.717) is 18.4 Å². The summed E-state index contributed by atoms with van der Waals surface area (Å²) in [5.74, 6) is 1.85. The highest BCUT2D eigenvalue weighted by molar-refractivity contribution is 9.09. The molecule has 0 spiro atoms. The third kappa shape index (κ3) is 4.50. The van der Waals surface area contributed by atoms with Gasteiger partial charge in [-0.3, -0.25) is 0 Å². The Morgan fingerprint density at radius 1 is 0.938 bits per heavy atom. The fourth-order valence-electron chi connectivity index (χ4n) is 5.81. The second kappa shape index (κ2) is 9.46. The third-order valence-corrected chi connectivity index (χ3v) is 9.32. The Kier molecular flexibility index (Phi) is 6.62. The van der Waals surface area contributed by atoms with Crippen LogP contribution in [0.1, 0.15) is 37.7 Å². The van der Waals surface area contributed by atoms with Gasteiger partial charge in [0, 0.05) is 25.2 Å². The zero-order valence-corrected chi connectivity index (χ0v) is 20.3. The summed E-state index contributed by atoms with van der Waals surface area (Å²) in [7, 11) is 0. The molecule has 0 amide bonds. The second-order valence-corrected chi connectivity index (χ2v) is 10.9. The van der Waals surface area contributed by atoms with Gasteiger partial charge >= 0.3 is 0 Å². The number of benzene rings is 2. The molecule has 32 heavy (non-hydrogen) atoms. The topological polar surface area (TPSA) is 38.7 Å². The van der Waals surface area contributed by atoms with Crippen molar-refractivity contribution >= 4 is 15.9 Å². The molecule has 2 bridgehead atoms. The van der Waals surface area contributed by atoms with Gasteiger partial charge in [0.15, 0.2) is 4.95 Å². The summed E-state index contributed by atoms with van der Waals surface area (Å²) in [5, 5.41) is 11.6. The van der Waals surface area contributed by atoms with Crippen molar-refractivity contribution in [3.63, 3.8) is 0 Å². The van der Waals surface area contributed by atoms with E-state index in [1.807, 2.05) is 60.7 Å². The van der Waals surface area contributed by atoms with Crippen molar-refractivity contribution in [1.82, 2.24) is 0 Å². The molecule has 1 aliphatic carbocycles. The number of alkyl halides is 1. The molecule has 3 heterocycles. The van der Waals surface area contributed by atoms with Crippen LogP contribution < -0.4 is 4.74 Å². The number of quaternary nitrogens is 1. The number of rotatable bonds is 10. The molecule has 4 aliphatic rings. The molecule has 1 N–H and O–H groups in total. The summed E-state index contributed by atoms with van der Waals surface area (Å²) in [5.41, 5.74) is 0.130. The van der Waals surface area contributed by atoms with Crippen LogP contribution in [0.3, 0.4) is 0 Å². The SMILES string of the molecule is OC(CO[C@@H]1C2CC[N+](CCCOc3ccccc3)(CC2)[C@@H]1Br)(c1ccccc1)C1CC1. The monoisotopic (exact) mass is 500 g/mol. The maximum atomic E-state index is 11.6. The van der Waals surface area contributed by atoms with Crippen molar-refractivity contribution in [2.45, 2.75) is 48.8 Å². The van der Waals surface area contributed by atoms with E-state index in [4.69, 9.17) is 9.47 Å². The minimum absolute atomic E-state index is 0.154. The van der Waals surface area contributed by atoms with Gasteiger partial charge in [-0.05, 0) is 52.4 Å². The Labute approximate surface area is 200 Å². The number of aliphatic hydroxyl groups is 1. The first-order chi connectivity index (χ1) is 15.6. The molecule has 4 fully saturated rings. The lowest BCUT2D eigenvalue weighted by molar-refractivity contribution is -0.955. The Bertz CT molecular complexity index is 867. The lowest BCUT2D eigenvalue weighted by Crippen LogP contribution is -2.68.